The Morgan fingerprint density at radius 3 is 3.15 bits per heavy atom. The topological polar surface area (TPSA) is 95.1 Å². The van der Waals surface area contributed by atoms with E-state index in [4.69, 9.17) is 10.5 Å². The van der Waals surface area contributed by atoms with Crippen LogP contribution in [0.3, 0.4) is 0 Å². The summed E-state index contributed by atoms with van der Waals surface area (Å²) in [5, 5.41) is 5.23. The number of nitrogens with zero attached hydrogens (tertiary/aromatic N) is 3. The van der Waals surface area contributed by atoms with Gasteiger partial charge in [-0.3, -0.25) is 10.1 Å². The Kier molecular flexibility index (Phi) is 4.99. The highest BCUT2D eigenvalue weighted by Crippen LogP contribution is 2.25. The second-order valence-corrected chi connectivity index (χ2v) is 6.93. The number of nitrogens with two attached hydrogens (primary N) is 1. The molecule has 0 atom stereocenters. The number of rotatable bonds is 6. The molecule has 3 N–H and O–H groups in total. The second kappa shape index (κ2) is 7.73. The molecule has 27 heavy (non-hydrogen) atoms. The van der Waals surface area contributed by atoms with Crippen LogP contribution in [0.25, 0.3) is 16.8 Å². The molecule has 1 amide bonds. The maximum Gasteiger partial charge on any atom is 0.257 e. The zero-order valence-electron chi connectivity index (χ0n) is 14.6. The van der Waals surface area contributed by atoms with E-state index in [0.717, 1.165) is 30.4 Å². The van der Waals surface area contributed by atoms with Crippen molar-refractivity contribution < 1.29 is 9.53 Å². The molecular formula is C19H19N5O2S. The molecule has 3 heterocycles. The fraction of sp³-hybridized carbons (Fsp3) is 0.211. The van der Waals surface area contributed by atoms with Gasteiger partial charge in [0.2, 0.25) is 0 Å². The number of imidazole rings is 1. The average molecular weight is 381 g/mol. The molecule has 1 aliphatic rings. The van der Waals surface area contributed by atoms with Crippen molar-refractivity contribution in [3.05, 3.63) is 59.6 Å². The Morgan fingerprint density at radius 2 is 2.33 bits per heavy atom. The first-order chi connectivity index (χ1) is 13.2. The van der Waals surface area contributed by atoms with Gasteiger partial charge in [0.05, 0.1) is 23.6 Å². The number of hydrogen-bond donors (Lipinski definition) is 2. The second-order valence-electron chi connectivity index (χ2n) is 6.07. The van der Waals surface area contributed by atoms with Crippen LogP contribution in [0.4, 0.5) is 5.13 Å². The van der Waals surface area contributed by atoms with E-state index in [0.29, 0.717) is 28.7 Å². The van der Waals surface area contributed by atoms with Crippen LogP contribution in [0.2, 0.25) is 0 Å². The minimum atomic E-state index is -0.215. The van der Waals surface area contributed by atoms with Gasteiger partial charge >= 0.3 is 0 Å². The molecule has 0 unspecified atom stereocenters. The quantitative estimate of drug-likeness (QED) is 0.683. The van der Waals surface area contributed by atoms with Gasteiger partial charge in [0.15, 0.2) is 5.13 Å². The molecule has 0 aliphatic carbocycles. The van der Waals surface area contributed by atoms with Crippen LogP contribution in [0.1, 0.15) is 28.9 Å². The lowest BCUT2D eigenvalue weighted by Gasteiger charge is -2.06. The van der Waals surface area contributed by atoms with Crippen LogP contribution in [-0.4, -0.2) is 27.0 Å². The number of nitrogens with one attached hydrogen (secondary N) is 1. The Labute approximate surface area is 160 Å². The van der Waals surface area contributed by atoms with Gasteiger partial charge in [0.25, 0.3) is 5.91 Å². The van der Waals surface area contributed by atoms with Crippen molar-refractivity contribution in [3.8, 4) is 0 Å². The number of thiazole rings is 1. The van der Waals surface area contributed by atoms with Crippen molar-refractivity contribution in [2.45, 2.75) is 19.4 Å². The summed E-state index contributed by atoms with van der Waals surface area (Å²) in [5.41, 5.74) is 8.60. The van der Waals surface area contributed by atoms with Crippen LogP contribution >= 0.6 is 11.3 Å². The molecule has 7 nitrogen and oxygen atoms in total. The minimum absolute atomic E-state index is 0.215. The molecule has 1 aromatic carbocycles. The third kappa shape index (κ3) is 3.76. The highest BCUT2D eigenvalue weighted by atomic mass is 32.1. The van der Waals surface area contributed by atoms with Crippen LogP contribution in [0, 0.1) is 0 Å². The van der Waals surface area contributed by atoms with Gasteiger partial charge in [-0.1, -0.05) is 0 Å². The lowest BCUT2D eigenvalue weighted by molar-refractivity contribution is 0.102. The highest BCUT2D eigenvalue weighted by molar-refractivity contribution is 7.14. The summed E-state index contributed by atoms with van der Waals surface area (Å²) < 4.78 is 7.48. The number of amides is 1. The zero-order chi connectivity index (χ0) is 18.6. The van der Waals surface area contributed by atoms with Gasteiger partial charge in [0, 0.05) is 17.5 Å². The fourth-order valence-corrected chi connectivity index (χ4v) is 3.52. The minimum Gasteiger partial charge on any atom is -0.463 e. The first kappa shape index (κ1) is 17.4. The highest BCUT2D eigenvalue weighted by Gasteiger charge is 2.14. The van der Waals surface area contributed by atoms with E-state index in [-0.39, 0.29) is 5.91 Å². The summed E-state index contributed by atoms with van der Waals surface area (Å²) in [6.45, 7) is 1.45. The standard InChI is InChI=1S/C19H19N5O2S/c20-7-3-8-24-12-21-14-10-13(5-6-16(14)24)18(25)23-19-22-15(11-27-19)17-4-1-2-9-26-17/h2,4-6,9-12H,1,3,7-8,20H2,(H,22,23,25). The maximum absolute atomic E-state index is 12.6. The average Bonchev–Trinajstić information content (AvgIpc) is 3.33. The molecule has 8 heteroatoms. The number of carbonyl (C=O) groups excluding carboxylic acids is 1. The normalized spacial score (nSPS) is 13.4. The van der Waals surface area contributed by atoms with Crippen LogP contribution in [0.15, 0.2) is 48.3 Å². The summed E-state index contributed by atoms with van der Waals surface area (Å²) in [7, 11) is 0. The number of aromatic nitrogens is 3. The van der Waals surface area contributed by atoms with Crippen molar-refractivity contribution in [3.63, 3.8) is 0 Å². The van der Waals surface area contributed by atoms with E-state index < -0.39 is 0 Å². The van der Waals surface area contributed by atoms with E-state index in [1.165, 1.54) is 11.3 Å². The van der Waals surface area contributed by atoms with Gasteiger partial charge in [0.1, 0.15) is 11.5 Å². The van der Waals surface area contributed by atoms with Crippen molar-refractivity contribution in [2.75, 3.05) is 11.9 Å². The first-order valence-corrected chi connectivity index (χ1v) is 9.56. The monoisotopic (exact) mass is 381 g/mol. The number of allylic oxidation sites excluding steroid dienone is 2. The largest absolute Gasteiger partial charge is 0.463 e. The third-order valence-corrected chi connectivity index (χ3v) is 4.95. The predicted octanol–water partition coefficient (Wildman–Crippen LogP) is 3.37. The first-order valence-electron chi connectivity index (χ1n) is 8.68. The lowest BCUT2D eigenvalue weighted by atomic mass is 10.2. The van der Waals surface area contributed by atoms with Gasteiger partial charge in [-0.25, -0.2) is 9.97 Å². The molecule has 4 rings (SSSR count). The predicted molar refractivity (Wildman–Crippen MR) is 106 cm³/mol. The molecule has 1 aliphatic heterocycles. The molecule has 0 spiro atoms. The number of carbonyl (C=O) groups is 1. The molecule has 3 aromatic rings. The summed E-state index contributed by atoms with van der Waals surface area (Å²) in [6, 6.07) is 5.49. The Bertz CT molecular complexity index is 1030. The van der Waals surface area contributed by atoms with Crippen molar-refractivity contribution in [2.24, 2.45) is 5.73 Å². The molecular weight excluding hydrogens is 362 g/mol. The number of hydrogen-bond acceptors (Lipinski definition) is 6. The number of aryl methyl sites for hydroxylation is 1. The summed E-state index contributed by atoms with van der Waals surface area (Å²) in [5.74, 6) is 0.492. The number of benzene rings is 1. The van der Waals surface area contributed by atoms with Gasteiger partial charge in [-0.05, 0) is 49.7 Å². The Balaban J connectivity index is 1.48. The lowest BCUT2D eigenvalue weighted by Crippen LogP contribution is -2.11. The van der Waals surface area contributed by atoms with Crippen LogP contribution < -0.4 is 11.1 Å². The molecule has 0 saturated heterocycles. The number of ether oxygens (including phenoxy) is 1. The van der Waals surface area contributed by atoms with E-state index in [1.54, 1.807) is 24.7 Å². The van der Waals surface area contributed by atoms with Crippen molar-refractivity contribution in [1.29, 1.82) is 0 Å². The fourth-order valence-electron chi connectivity index (χ4n) is 2.82. The molecule has 0 bridgehead atoms. The van der Waals surface area contributed by atoms with Gasteiger partial charge in [-0.2, -0.15) is 0 Å². The van der Waals surface area contributed by atoms with Gasteiger partial charge in [-0.15, -0.1) is 11.3 Å². The zero-order valence-corrected chi connectivity index (χ0v) is 15.4. The summed E-state index contributed by atoms with van der Waals surface area (Å²) in [4.78, 5) is 21.4. The smallest absolute Gasteiger partial charge is 0.257 e. The van der Waals surface area contributed by atoms with Crippen molar-refractivity contribution >= 4 is 39.2 Å². The molecule has 138 valence electrons. The van der Waals surface area contributed by atoms with Crippen LogP contribution in [-0.2, 0) is 11.3 Å². The maximum atomic E-state index is 12.6. The summed E-state index contributed by atoms with van der Waals surface area (Å²) >= 11 is 1.36. The van der Waals surface area contributed by atoms with E-state index >= 15 is 0 Å². The number of fused-ring (bicyclic) bond motifs is 1. The van der Waals surface area contributed by atoms with Crippen molar-refractivity contribution in [1.82, 2.24) is 14.5 Å². The molecule has 0 radical (unpaired) electrons. The molecule has 0 saturated carbocycles. The molecule has 0 fully saturated rings. The number of anilines is 1. The summed E-state index contributed by atoms with van der Waals surface area (Å²) in [6.07, 6.45) is 9.00. The van der Waals surface area contributed by atoms with Crippen LogP contribution in [0.5, 0.6) is 0 Å². The van der Waals surface area contributed by atoms with Gasteiger partial charge < -0.3 is 15.0 Å². The SMILES string of the molecule is NCCCn1cnc2cc(C(=O)Nc3nc(C4=CCC=CO4)cs3)ccc21. The van der Waals surface area contributed by atoms with E-state index in [2.05, 4.69) is 15.3 Å². The van der Waals surface area contributed by atoms with E-state index in [1.807, 2.05) is 28.2 Å². The third-order valence-electron chi connectivity index (χ3n) is 4.19. The molecule has 2 aromatic heterocycles. The van der Waals surface area contributed by atoms with E-state index in [9.17, 15) is 4.79 Å². The Hall–Kier alpha value is -2.97. The Morgan fingerprint density at radius 1 is 1.41 bits per heavy atom.